The molecule has 0 spiro atoms. The molecule has 96 valence electrons. The highest BCUT2D eigenvalue weighted by atomic mass is 35.5. The van der Waals surface area contributed by atoms with E-state index in [2.05, 4.69) is 17.2 Å². The zero-order valence-corrected chi connectivity index (χ0v) is 10.9. The fourth-order valence-corrected chi connectivity index (χ4v) is 2.69. The van der Waals surface area contributed by atoms with Crippen LogP contribution in [0.1, 0.15) is 25.7 Å². The minimum Gasteiger partial charge on any atom is -0.440 e. The fraction of sp³-hybridized carbons (Fsp3) is 0.462. The molecule has 3 nitrogen and oxygen atoms in total. The van der Waals surface area contributed by atoms with Crippen LogP contribution in [0.3, 0.4) is 0 Å². The van der Waals surface area contributed by atoms with E-state index in [0.29, 0.717) is 17.0 Å². The van der Waals surface area contributed by atoms with Gasteiger partial charge in [-0.2, -0.15) is 0 Å². The second kappa shape index (κ2) is 4.21. The average Bonchev–Trinajstić information content (AvgIpc) is 2.96. The summed E-state index contributed by atoms with van der Waals surface area (Å²) in [5.41, 5.74) is 1.02. The molecule has 1 unspecified atom stereocenters. The van der Waals surface area contributed by atoms with Gasteiger partial charge in [0.1, 0.15) is 11.3 Å². The molecular weight excluding hydrogens is 255 g/mol. The summed E-state index contributed by atoms with van der Waals surface area (Å²) in [4.78, 5) is 4.48. The maximum absolute atomic E-state index is 13.4. The Kier molecular flexibility index (Phi) is 2.79. The molecule has 1 N–H and O–H groups in total. The van der Waals surface area contributed by atoms with Crippen molar-refractivity contribution in [2.24, 2.45) is 0 Å². The number of nitrogens with zero attached hydrogens (tertiary/aromatic N) is 1. The summed E-state index contributed by atoms with van der Waals surface area (Å²) in [5.74, 6) is 0.216. The van der Waals surface area contributed by atoms with E-state index >= 15 is 0 Å². The van der Waals surface area contributed by atoms with E-state index in [1.54, 1.807) is 0 Å². The zero-order valence-electron chi connectivity index (χ0n) is 10.1. The molecule has 2 aromatic rings. The summed E-state index contributed by atoms with van der Waals surface area (Å²) in [6, 6.07) is 2.82. The Labute approximate surface area is 109 Å². The Morgan fingerprint density at radius 2 is 2.39 bits per heavy atom. The molecule has 0 aliphatic carbocycles. The first kappa shape index (κ1) is 11.9. The molecular formula is C13H14ClFN2O. The third kappa shape index (κ3) is 1.71. The largest absolute Gasteiger partial charge is 0.440 e. The van der Waals surface area contributed by atoms with Crippen molar-refractivity contribution in [2.75, 3.05) is 13.1 Å². The van der Waals surface area contributed by atoms with E-state index in [1.165, 1.54) is 12.1 Å². The molecule has 5 heteroatoms. The Morgan fingerprint density at radius 3 is 3.06 bits per heavy atom. The maximum Gasteiger partial charge on any atom is 0.203 e. The van der Waals surface area contributed by atoms with Gasteiger partial charge in [0.05, 0.1) is 10.4 Å². The zero-order chi connectivity index (χ0) is 12.8. The van der Waals surface area contributed by atoms with Crippen LogP contribution in [0.15, 0.2) is 16.5 Å². The summed E-state index contributed by atoms with van der Waals surface area (Å²) in [6.07, 6.45) is 1.94. The lowest BCUT2D eigenvalue weighted by Crippen LogP contribution is -2.28. The van der Waals surface area contributed by atoms with Crippen LogP contribution in [0, 0.1) is 5.82 Å². The Morgan fingerprint density at radius 1 is 1.56 bits per heavy atom. The molecule has 1 aliphatic rings. The maximum atomic E-state index is 13.4. The number of hydrogen-bond acceptors (Lipinski definition) is 3. The molecule has 18 heavy (non-hydrogen) atoms. The number of fused-ring (bicyclic) bond motifs is 1. The summed E-state index contributed by atoms with van der Waals surface area (Å²) >= 11 is 5.76. The highest BCUT2D eigenvalue weighted by Gasteiger charge is 2.38. The van der Waals surface area contributed by atoms with E-state index in [1.807, 2.05) is 0 Å². The van der Waals surface area contributed by atoms with Crippen molar-refractivity contribution < 1.29 is 8.81 Å². The van der Waals surface area contributed by atoms with Crippen LogP contribution in [0.2, 0.25) is 5.02 Å². The molecule has 0 saturated carbocycles. The Balaban J connectivity index is 2.13. The molecule has 0 amide bonds. The first-order valence-electron chi connectivity index (χ1n) is 6.11. The summed E-state index contributed by atoms with van der Waals surface area (Å²) in [5, 5.41) is 3.41. The topological polar surface area (TPSA) is 38.1 Å². The summed E-state index contributed by atoms with van der Waals surface area (Å²) in [6.45, 7) is 3.93. The molecule has 1 atom stereocenters. The van der Waals surface area contributed by atoms with Crippen LogP contribution in [0.4, 0.5) is 4.39 Å². The molecule has 0 radical (unpaired) electrons. The van der Waals surface area contributed by atoms with Gasteiger partial charge in [-0.05, 0) is 25.5 Å². The van der Waals surface area contributed by atoms with Gasteiger partial charge in [0.15, 0.2) is 5.58 Å². The van der Waals surface area contributed by atoms with Gasteiger partial charge in [-0.25, -0.2) is 9.37 Å². The predicted octanol–water partition coefficient (Wildman–Crippen LogP) is 3.26. The second-order valence-electron chi connectivity index (χ2n) is 4.81. The Hall–Kier alpha value is -1.13. The SMILES string of the molecule is CCC1(c2nc3cc(Cl)c(F)cc3o2)CCNC1. The van der Waals surface area contributed by atoms with Gasteiger partial charge in [-0.15, -0.1) is 0 Å². The quantitative estimate of drug-likeness (QED) is 0.908. The van der Waals surface area contributed by atoms with Crippen molar-refractivity contribution in [2.45, 2.75) is 25.2 Å². The van der Waals surface area contributed by atoms with Gasteiger partial charge in [-0.1, -0.05) is 18.5 Å². The molecule has 1 aromatic heterocycles. The van der Waals surface area contributed by atoms with Gasteiger partial charge in [0.2, 0.25) is 5.89 Å². The molecule has 1 aliphatic heterocycles. The third-order valence-corrected chi connectivity index (χ3v) is 4.09. The van der Waals surface area contributed by atoms with Crippen molar-refractivity contribution in [1.82, 2.24) is 10.3 Å². The van der Waals surface area contributed by atoms with Crippen LogP contribution in [-0.2, 0) is 5.41 Å². The number of nitrogens with one attached hydrogen (secondary N) is 1. The molecule has 2 heterocycles. The second-order valence-corrected chi connectivity index (χ2v) is 5.22. The summed E-state index contributed by atoms with van der Waals surface area (Å²) < 4.78 is 19.1. The normalized spacial score (nSPS) is 23.9. The van der Waals surface area contributed by atoms with Crippen molar-refractivity contribution in [3.8, 4) is 0 Å². The Bertz CT molecular complexity index is 551. The number of aromatic nitrogens is 1. The summed E-state index contributed by atoms with van der Waals surface area (Å²) in [7, 11) is 0. The van der Waals surface area contributed by atoms with Gasteiger partial charge in [-0.3, -0.25) is 0 Å². The lowest BCUT2D eigenvalue weighted by Gasteiger charge is -2.21. The monoisotopic (exact) mass is 268 g/mol. The fourth-order valence-electron chi connectivity index (χ4n) is 2.53. The highest BCUT2D eigenvalue weighted by molar-refractivity contribution is 6.31. The number of halogens is 2. The predicted molar refractivity (Wildman–Crippen MR) is 68.4 cm³/mol. The lowest BCUT2D eigenvalue weighted by atomic mass is 9.84. The van der Waals surface area contributed by atoms with Crippen LogP contribution >= 0.6 is 11.6 Å². The van der Waals surface area contributed by atoms with E-state index in [-0.39, 0.29) is 10.4 Å². The molecule has 0 bridgehead atoms. The van der Waals surface area contributed by atoms with Crippen molar-refractivity contribution in [3.63, 3.8) is 0 Å². The van der Waals surface area contributed by atoms with E-state index < -0.39 is 5.82 Å². The van der Waals surface area contributed by atoms with E-state index in [0.717, 1.165) is 25.9 Å². The van der Waals surface area contributed by atoms with Gasteiger partial charge >= 0.3 is 0 Å². The molecule has 1 fully saturated rings. The molecule has 1 saturated heterocycles. The van der Waals surface area contributed by atoms with Crippen LogP contribution in [-0.4, -0.2) is 18.1 Å². The van der Waals surface area contributed by atoms with Gasteiger partial charge in [0, 0.05) is 12.6 Å². The number of hydrogen-bond donors (Lipinski definition) is 1. The first-order chi connectivity index (χ1) is 8.64. The van der Waals surface area contributed by atoms with E-state index in [4.69, 9.17) is 16.0 Å². The van der Waals surface area contributed by atoms with E-state index in [9.17, 15) is 4.39 Å². The number of rotatable bonds is 2. The third-order valence-electron chi connectivity index (χ3n) is 3.80. The smallest absolute Gasteiger partial charge is 0.203 e. The van der Waals surface area contributed by atoms with Crippen LogP contribution in [0.25, 0.3) is 11.1 Å². The van der Waals surface area contributed by atoms with Crippen molar-refractivity contribution >= 4 is 22.7 Å². The van der Waals surface area contributed by atoms with Gasteiger partial charge < -0.3 is 9.73 Å². The minimum absolute atomic E-state index is 0.0675. The first-order valence-corrected chi connectivity index (χ1v) is 6.49. The molecule has 1 aromatic carbocycles. The average molecular weight is 269 g/mol. The lowest BCUT2D eigenvalue weighted by molar-refractivity contribution is 0.344. The van der Waals surface area contributed by atoms with Crippen molar-refractivity contribution in [3.05, 3.63) is 28.9 Å². The number of oxazole rings is 1. The van der Waals surface area contributed by atoms with Crippen LogP contribution in [0.5, 0.6) is 0 Å². The highest BCUT2D eigenvalue weighted by Crippen LogP contribution is 2.36. The van der Waals surface area contributed by atoms with Crippen molar-refractivity contribution in [1.29, 1.82) is 0 Å². The standard InChI is InChI=1S/C13H14ClFN2O/c1-2-13(3-4-16-7-13)12-17-10-5-8(14)9(15)6-11(10)18-12/h5-6,16H,2-4,7H2,1H3. The van der Waals surface area contributed by atoms with Crippen LogP contribution < -0.4 is 5.32 Å². The number of benzene rings is 1. The molecule has 3 rings (SSSR count). The minimum atomic E-state index is -0.470. The van der Waals surface area contributed by atoms with Gasteiger partial charge in [0.25, 0.3) is 0 Å².